The lowest BCUT2D eigenvalue weighted by Crippen LogP contribution is -2.41. The van der Waals surface area contributed by atoms with Crippen molar-refractivity contribution in [2.24, 2.45) is 5.92 Å². The molecule has 1 aliphatic rings. The highest BCUT2D eigenvalue weighted by Gasteiger charge is 2.36. The van der Waals surface area contributed by atoms with Crippen LogP contribution in [0.2, 0.25) is 0 Å². The number of amides is 1. The number of rotatable bonds is 4. The molecule has 1 amide bonds. The monoisotopic (exact) mass is 264 g/mol. The van der Waals surface area contributed by atoms with Crippen molar-refractivity contribution in [3.05, 3.63) is 17.5 Å². The summed E-state index contributed by atoms with van der Waals surface area (Å²) in [5, 5.41) is 3.97. The summed E-state index contributed by atoms with van der Waals surface area (Å²) in [6.45, 7) is 6.43. The van der Waals surface area contributed by atoms with Crippen LogP contribution in [0, 0.1) is 12.8 Å². The zero-order valence-electron chi connectivity index (χ0n) is 11.6. The van der Waals surface area contributed by atoms with Gasteiger partial charge < -0.3 is 14.2 Å². The van der Waals surface area contributed by atoms with Crippen LogP contribution in [-0.2, 0) is 9.59 Å². The Hall–Kier alpha value is -1.65. The van der Waals surface area contributed by atoms with E-state index in [-0.39, 0.29) is 23.8 Å². The second-order valence-electron chi connectivity index (χ2n) is 5.46. The van der Waals surface area contributed by atoms with Gasteiger partial charge in [0, 0.05) is 12.6 Å². The molecule has 0 spiro atoms. The second kappa shape index (κ2) is 5.55. The van der Waals surface area contributed by atoms with Crippen LogP contribution in [0.1, 0.15) is 44.1 Å². The highest BCUT2D eigenvalue weighted by Crippen LogP contribution is 2.29. The fourth-order valence-electron chi connectivity index (χ4n) is 2.67. The van der Waals surface area contributed by atoms with Crippen LogP contribution < -0.4 is 0 Å². The van der Waals surface area contributed by atoms with Crippen molar-refractivity contribution >= 4 is 12.2 Å². The summed E-state index contributed by atoms with van der Waals surface area (Å²) >= 11 is 0. The van der Waals surface area contributed by atoms with E-state index in [4.69, 9.17) is 4.52 Å². The summed E-state index contributed by atoms with van der Waals surface area (Å²) in [4.78, 5) is 25.4. The number of hydrogen-bond donors (Lipinski definition) is 0. The van der Waals surface area contributed by atoms with Crippen molar-refractivity contribution < 1.29 is 14.1 Å². The van der Waals surface area contributed by atoms with Gasteiger partial charge in [-0.05, 0) is 25.7 Å². The third-order valence-corrected chi connectivity index (χ3v) is 3.64. The van der Waals surface area contributed by atoms with Crippen molar-refractivity contribution in [1.82, 2.24) is 10.1 Å². The van der Waals surface area contributed by atoms with E-state index >= 15 is 0 Å². The van der Waals surface area contributed by atoms with Crippen LogP contribution >= 0.6 is 0 Å². The van der Waals surface area contributed by atoms with Gasteiger partial charge in [0.15, 0.2) is 0 Å². The summed E-state index contributed by atoms with van der Waals surface area (Å²) in [5.41, 5.74) is 0.661. The molecular weight excluding hydrogens is 244 g/mol. The van der Waals surface area contributed by atoms with Crippen molar-refractivity contribution in [2.75, 3.05) is 6.54 Å². The molecule has 1 aliphatic heterocycles. The van der Waals surface area contributed by atoms with E-state index < -0.39 is 0 Å². The van der Waals surface area contributed by atoms with Crippen molar-refractivity contribution in [3.63, 3.8) is 0 Å². The SMILES string of the molecule is Cc1cc(C(C(=O)N2CCCC2C=O)C(C)C)no1. The molecule has 104 valence electrons. The van der Waals surface area contributed by atoms with E-state index in [1.807, 2.05) is 20.8 Å². The quantitative estimate of drug-likeness (QED) is 0.779. The summed E-state index contributed by atoms with van der Waals surface area (Å²) in [7, 11) is 0. The molecule has 1 saturated heterocycles. The first-order valence-electron chi connectivity index (χ1n) is 6.73. The summed E-state index contributed by atoms with van der Waals surface area (Å²) < 4.78 is 5.07. The van der Waals surface area contributed by atoms with E-state index in [0.717, 1.165) is 19.1 Å². The first-order chi connectivity index (χ1) is 9.04. The highest BCUT2D eigenvalue weighted by atomic mass is 16.5. The lowest BCUT2D eigenvalue weighted by molar-refractivity contribution is -0.137. The molecule has 0 saturated carbocycles. The Labute approximate surface area is 112 Å². The maximum Gasteiger partial charge on any atom is 0.232 e. The van der Waals surface area contributed by atoms with Gasteiger partial charge in [-0.2, -0.15) is 0 Å². The molecule has 1 fully saturated rings. The van der Waals surface area contributed by atoms with E-state index in [0.29, 0.717) is 18.0 Å². The highest BCUT2D eigenvalue weighted by molar-refractivity contribution is 5.86. The molecule has 5 heteroatoms. The van der Waals surface area contributed by atoms with Gasteiger partial charge in [0.05, 0.1) is 17.7 Å². The first-order valence-corrected chi connectivity index (χ1v) is 6.73. The smallest absolute Gasteiger partial charge is 0.232 e. The minimum Gasteiger partial charge on any atom is -0.361 e. The van der Waals surface area contributed by atoms with Crippen molar-refractivity contribution in [1.29, 1.82) is 0 Å². The largest absolute Gasteiger partial charge is 0.361 e. The Morgan fingerprint density at radius 1 is 1.58 bits per heavy atom. The molecule has 0 aliphatic carbocycles. The molecule has 2 unspecified atom stereocenters. The van der Waals surface area contributed by atoms with Crippen LogP contribution in [-0.4, -0.2) is 34.8 Å². The minimum atomic E-state index is -0.335. The summed E-state index contributed by atoms with van der Waals surface area (Å²) in [6.07, 6.45) is 2.52. The van der Waals surface area contributed by atoms with E-state index in [1.54, 1.807) is 11.0 Å². The number of carbonyl (C=O) groups is 2. The number of carbonyl (C=O) groups excluding carboxylic acids is 2. The van der Waals surface area contributed by atoms with Gasteiger partial charge in [-0.15, -0.1) is 0 Å². The van der Waals surface area contributed by atoms with Crippen LogP contribution in [0.4, 0.5) is 0 Å². The molecule has 19 heavy (non-hydrogen) atoms. The van der Waals surface area contributed by atoms with Gasteiger partial charge in [0.2, 0.25) is 5.91 Å². The Bertz CT molecular complexity index is 467. The molecule has 2 atom stereocenters. The average Bonchev–Trinajstić information content (AvgIpc) is 2.97. The number of likely N-dealkylation sites (tertiary alicyclic amines) is 1. The first kappa shape index (κ1) is 13.8. The Morgan fingerprint density at radius 2 is 2.32 bits per heavy atom. The Morgan fingerprint density at radius 3 is 2.84 bits per heavy atom. The standard InChI is InChI=1S/C14H20N2O3/c1-9(2)13(12-7-10(3)19-15-12)14(18)16-6-4-5-11(16)8-17/h7-9,11,13H,4-6H2,1-3H3. The molecule has 0 radical (unpaired) electrons. The Kier molecular flexibility index (Phi) is 4.02. The second-order valence-corrected chi connectivity index (χ2v) is 5.46. The molecule has 5 nitrogen and oxygen atoms in total. The minimum absolute atomic E-state index is 0.0158. The number of nitrogens with zero attached hydrogens (tertiary/aromatic N) is 2. The summed E-state index contributed by atoms with van der Waals surface area (Å²) in [6, 6.07) is 1.52. The van der Waals surface area contributed by atoms with Gasteiger partial charge >= 0.3 is 0 Å². The van der Waals surface area contributed by atoms with Crippen molar-refractivity contribution in [3.8, 4) is 0 Å². The zero-order chi connectivity index (χ0) is 14.0. The normalized spacial score (nSPS) is 20.8. The molecule has 1 aromatic rings. The fraction of sp³-hybridized carbons (Fsp3) is 0.643. The number of hydrogen-bond acceptors (Lipinski definition) is 4. The molecule has 0 aromatic carbocycles. The van der Waals surface area contributed by atoms with Gasteiger partial charge in [0.25, 0.3) is 0 Å². The molecular formula is C14H20N2O3. The number of aryl methyl sites for hydroxylation is 1. The zero-order valence-corrected chi connectivity index (χ0v) is 11.6. The topological polar surface area (TPSA) is 63.4 Å². The van der Waals surface area contributed by atoms with Crippen LogP contribution in [0.25, 0.3) is 0 Å². The van der Waals surface area contributed by atoms with Gasteiger partial charge in [-0.3, -0.25) is 4.79 Å². The molecule has 2 heterocycles. The number of aldehydes is 1. The van der Waals surface area contributed by atoms with Crippen LogP contribution in [0.5, 0.6) is 0 Å². The van der Waals surface area contributed by atoms with E-state index in [1.165, 1.54) is 0 Å². The maximum atomic E-state index is 12.7. The average molecular weight is 264 g/mol. The third-order valence-electron chi connectivity index (χ3n) is 3.64. The summed E-state index contributed by atoms with van der Waals surface area (Å²) in [5.74, 6) is 0.461. The number of aromatic nitrogens is 1. The molecule has 2 rings (SSSR count). The maximum absolute atomic E-state index is 12.7. The van der Waals surface area contributed by atoms with Gasteiger partial charge in [-0.25, -0.2) is 0 Å². The lowest BCUT2D eigenvalue weighted by atomic mass is 9.90. The predicted molar refractivity (Wildman–Crippen MR) is 69.6 cm³/mol. The molecule has 0 bridgehead atoms. The molecule has 1 aromatic heterocycles. The third kappa shape index (κ3) is 2.69. The van der Waals surface area contributed by atoms with E-state index in [9.17, 15) is 9.59 Å². The van der Waals surface area contributed by atoms with Gasteiger partial charge in [-0.1, -0.05) is 19.0 Å². The molecule has 0 N–H and O–H groups in total. The fourth-order valence-corrected chi connectivity index (χ4v) is 2.67. The van der Waals surface area contributed by atoms with Crippen LogP contribution in [0.15, 0.2) is 10.6 Å². The predicted octanol–water partition coefficient (Wildman–Crippen LogP) is 1.91. The Balaban J connectivity index is 2.24. The van der Waals surface area contributed by atoms with E-state index in [2.05, 4.69) is 5.16 Å². The van der Waals surface area contributed by atoms with Gasteiger partial charge in [0.1, 0.15) is 12.0 Å². The van der Waals surface area contributed by atoms with Crippen LogP contribution in [0.3, 0.4) is 0 Å². The lowest BCUT2D eigenvalue weighted by Gasteiger charge is -2.27. The van der Waals surface area contributed by atoms with Crippen molar-refractivity contribution in [2.45, 2.75) is 45.6 Å².